The summed E-state index contributed by atoms with van der Waals surface area (Å²) >= 11 is 1.79. The highest BCUT2D eigenvalue weighted by molar-refractivity contribution is 7.89. The van der Waals surface area contributed by atoms with Gasteiger partial charge in [-0.2, -0.15) is 4.31 Å². The third kappa shape index (κ3) is 3.83. The van der Waals surface area contributed by atoms with Crippen molar-refractivity contribution in [1.82, 2.24) is 9.21 Å². The standard InChI is InChI=1S/C23H30N2O3S2/c1-4-20-19-10-14-29-21(19)9-13-25(20)23(26)18-7-11-24(12-8-18)30(27,28)22-6-5-16(2)15-17(22)3/h5-6,10,14-15,18,20H,4,7-9,11-13H2,1-3H3/t20-/m1/s1. The van der Waals surface area contributed by atoms with E-state index in [4.69, 9.17) is 0 Å². The van der Waals surface area contributed by atoms with Crippen LogP contribution in [-0.4, -0.2) is 43.2 Å². The quantitative estimate of drug-likeness (QED) is 0.704. The lowest BCUT2D eigenvalue weighted by atomic mass is 9.92. The second-order valence-corrected chi connectivity index (χ2v) is 11.4. The summed E-state index contributed by atoms with van der Waals surface area (Å²) in [6.45, 7) is 7.52. The highest BCUT2D eigenvalue weighted by Crippen LogP contribution is 2.37. The lowest BCUT2D eigenvalue weighted by molar-refractivity contribution is -0.139. The molecule has 2 aliphatic rings. The molecule has 1 saturated heterocycles. The van der Waals surface area contributed by atoms with E-state index in [1.165, 1.54) is 10.4 Å². The van der Waals surface area contributed by atoms with Crippen molar-refractivity contribution in [2.75, 3.05) is 19.6 Å². The van der Waals surface area contributed by atoms with Gasteiger partial charge in [0.2, 0.25) is 15.9 Å². The molecule has 3 heterocycles. The first-order valence-corrected chi connectivity index (χ1v) is 13.1. The number of piperidine rings is 1. The molecule has 1 atom stereocenters. The largest absolute Gasteiger partial charge is 0.335 e. The van der Waals surface area contributed by atoms with Crippen LogP contribution in [0, 0.1) is 19.8 Å². The van der Waals surface area contributed by atoms with E-state index in [9.17, 15) is 13.2 Å². The fourth-order valence-corrected chi connectivity index (χ4v) is 7.51. The molecule has 1 aromatic carbocycles. The zero-order chi connectivity index (χ0) is 21.5. The summed E-state index contributed by atoms with van der Waals surface area (Å²) in [6, 6.07) is 7.77. The summed E-state index contributed by atoms with van der Waals surface area (Å²) in [5.41, 5.74) is 3.13. The second-order valence-electron chi connectivity index (χ2n) is 8.45. The maximum atomic E-state index is 13.3. The summed E-state index contributed by atoms with van der Waals surface area (Å²) in [6.07, 6.45) is 3.02. The molecule has 1 amide bonds. The number of amides is 1. The van der Waals surface area contributed by atoms with Gasteiger partial charge in [0.25, 0.3) is 0 Å². The molecule has 0 bridgehead atoms. The summed E-state index contributed by atoms with van der Waals surface area (Å²) in [4.78, 5) is 17.2. The van der Waals surface area contributed by atoms with Crippen LogP contribution in [0.25, 0.3) is 0 Å². The van der Waals surface area contributed by atoms with E-state index in [1.54, 1.807) is 21.7 Å². The van der Waals surface area contributed by atoms with Gasteiger partial charge in [-0.3, -0.25) is 4.79 Å². The van der Waals surface area contributed by atoms with Crippen molar-refractivity contribution in [3.8, 4) is 0 Å². The van der Waals surface area contributed by atoms with Crippen LogP contribution >= 0.6 is 11.3 Å². The normalized spacial score (nSPS) is 20.9. The Labute approximate surface area is 183 Å². The molecule has 2 aliphatic heterocycles. The van der Waals surface area contributed by atoms with Gasteiger partial charge in [0, 0.05) is 30.4 Å². The molecule has 7 heteroatoms. The van der Waals surface area contributed by atoms with Gasteiger partial charge >= 0.3 is 0 Å². The Morgan fingerprint density at radius 3 is 2.53 bits per heavy atom. The highest BCUT2D eigenvalue weighted by Gasteiger charge is 2.37. The van der Waals surface area contributed by atoms with Crippen molar-refractivity contribution in [1.29, 1.82) is 0 Å². The number of carbonyl (C=O) groups excluding carboxylic acids is 1. The number of hydrogen-bond acceptors (Lipinski definition) is 4. The van der Waals surface area contributed by atoms with E-state index < -0.39 is 10.0 Å². The summed E-state index contributed by atoms with van der Waals surface area (Å²) in [5, 5.41) is 2.12. The van der Waals surface area contributed by atoms with Crippen LogP contribution in [0.2, 0.25) is 0 Å². The lowest BCUT2D eigenvalue weighted by Gasteiger charge is -2.39. The second kappa shape index (κ2) is 8.44. The maximum absolute atomic E-state index is 13.3. The van der Waals surface area contributed by atoms with Crippen molar-refractivity contribution >= 4 is 27.3 Å². The van der Waals surface area contributed by atoms with E-state index in [1.807, 2.05) is 30.9 Å². The first kappa shape index (κ1) is 21.5. The molecule has 30 heavy (non-hydrogen) atoms. The Morgan fingerprint density at radius 2 is 1.87 bits per heavy atom. The SMILES string of the molecule is CC[C@@H]1c2ccsc2CCN1C(=O)C1CCN(S(=O)(=O)c2ccc(C)cc2C)CC1. The molecular formula is C23H30N2O3S2. The summed E-state index contributed by atoms with van der Waals surface area (Å²) in [7, 11) is -3.52. The van der Waals surface area contributed by atoms with Crippen molar-refractivity contribution in [3.63, 3.8) is 0 Å². The van der Waals surface area contributed by atoms with Crippen LogP contribution in [-0.2, 0) is 21.2 Å². The van der Waals surface area contributed by atoms with E-state index in [0.29, 0.717) is 30.8 Å². The molecule has 2 aromatic rings. The van der Waals surface area contributed by atoms with Gasteiger partial charge in [0.1, 0.15) is 0 Å². The molecule has 0 spiro atoms. The Hall–Kier alpha value is -1.70. The topological polar surface area (TPSA) is 57.7 Å². The molecule has 1 fully saturated rings. The first-order chi connectivity index (χ1) is 14.3. The van der Waals surface area contributed by atoms with Gasteiger partial charge in [0.15, 0.2) is 0 Å². The maximum Gasteiger partial charge on any atom is 0.243 e. The van der Waals surface area contributed by atoms with Crippen molar-refractivity contribution in [2.24, 2.45) is 5.92 Å². The van der Waals surface area contributed by atoms with Gasteiger partial charge in [-0.25, -0.2) is 8.42 Å². The fourth-order valence-electron chi connectivity index (χ4n) is 4.91. The minimum atomic E-state index is -3.52. The predicted molar refractivity (Wildman–Crippen MR) is 120 cm³/mol. The zero-order valence-corrected chi connectivity index (χ0v) is 19.6. The van der Waals surface area contributed by atoms with Crippen LogP contribution in [0.4, 0.5) is 0 Å². The summed E-state index contributed by atoms with van der Waals surface area (Å²) < 4.78 is 27.8. The van der Waals surface area contributed by atoms with Gasteiger partial charge in [-0.05, 0) is 68.2 Å². The Kier molecular flexibility index (Phi) is 6.06. The first-order valence-electron chi connectivity index (χ1n) is 10.8. The molecule has 4 rings (SSSR count). The minimum absolute atomic E-state index is 0.0928. The number of fused-ring (bicyclic) bond motifs is 1. The molecule has 0 unspecified atom stereocenters. The van der Waals surface area contributed by atoms with E-state index in [2.05, 4.69) is 18.4 Å². The molecule has 5 nitrogen and oxygen atoms in total. The van der Waals surface area contributed by atoms with Crippen molar-refractivity contribution < 1.29 is 13.2 Å². The highest BCUT2D eigenvalue weighted by atomic mass is 32.2. The lowest BCUT2D eigenvalue weighted by Crippen LogP contribution is -2.47. The number of rotatable bonds is 4. The van der Waals surface area contributed by atoms with E-state index >= 15 is 0 Å². The molecule has 0 N–H and O–H groups in total. The third-order valence-corrected chi connectivity index (χ3v) is 9.57. The Morgan fingerprint density at radius 1 is 1.13 bits per heavy atom. The van der Waals surface area contributed by atoms with Crippen LogP contribution < -0.4 is 0 Å². The molecule has 0 radical (unpaired) electrons. The Balaban J connectivity index is 1.45. The molecular weight excluding hydrogens is 416 g/mol. The molecule has 162 valence electrons. The number of benzene rings is 1. The van der Waals surface area contributed by atoms with Crippen LogP contribution in [0.5, 0.6) is 0 Å². The average molecular weight is 447 g/mol. The van der Waals surface area contributed by atoms with E-state index in [0.717, 1.165) is 30.5 Å². The number of sulfonamides is 1. The molecule has 1 aromatic heterocycles. The predicted octanol–water partition coefficient (Wildman–Crippen LogP) is 4.30. The monoisotopic (exact) mass is 446 g/mol. The smallest absolute Gasteiger partial charge is 0.243 e. The number of hydrogen-bond donors (Lipinski definition) is 0. The van der Waals surface area contributed by atoms with Crippen molar-refractivity contribution in [3.05, 3.63) is 51.2 Å². The van der Waals surface area contributed by atoms with Gasteiger partial charge < -0.3 is 4.90 Å². The third-order valence-electron chi connectivity index (χ3n) is 6.52. The number of carbonyl (C=O) groups is 1. The van der Waals surface area contributed by atoms with Gasteiger partial charge in [0.05, 0.1) is 10.9 Å². The van der Waals surface area contributed by atoms with Gasteiger partial charge in [-0.1, -0.05) is 24.6 Å². The average Bonchev–Trinajstić information content (AvgIpc) is 3.21. The van der Waals surface area contributed by atoms with Crippen LogP contribution in [0.1, 0.15) is 53.8 Å². The number of thiophene rings is 1. The van der Waals surface area contributed by atoms with Crippen LogP contribution in [0.15, 0.2) is 34.5 Å². The number of aryl methyl sites for hydroxylation is 2. The van der Waals surface area contributed by atoms with Crippen LogP contribution in [0.3, 0.4) is 0 Å². The number of nitrogens with zero attached hydrogens (tertiary/aromatic N) is 2. The minimum Gasteiger partial charge on any atom is -0.335 e. The van der Waals surface area contributed by atoms with Gasteiger partial charge in [-0.15, -0.1) is 11.3 Å². The fraction of sp³-hybridized carbons (Fsp3) is 0.522. The van der Waals surface area contributed by atoms with Crippen molar-refractivity contribution in [2.45, 2.75) is 57.4 Å². The zero-order valence-electron chi connectivity index (χ0n) is 17.9. The van der Waals surface area contributed by atoms with E-state index in [-0.39, 0.29) is 17.9 Å². The summed E-state index contributed by atoms with van der Waals surface area (Å²) in [5.74, 6) is 0.104. The Bertz CT molecular complexity index is 1040. The molecule has 0 saturated carbocycles. The molecule has 0 aliphatic carbocycles.